The first-order valence-electron chi connectivity index (χ1n) is 0.783. The van der Waals surface area contributed by atoms with Gasteiger partial charge < -0.3 is 69.9 Å². The maximum Gasteiger partial charge on any atom is 2.00 e. The standard InChI is InChI=1S/4Mg.H3O4P.8H2O.8H/c;;;;1-5(2,3)4;;;;;;;;;;;;;;;;/h;;;;(H3,1,2,3,4);8*1H2;;;;;;;;/q4*+2;;;;;;;;;;8*-1. The Kier molecular flexibility index (Phi) is 677. The molecule has 0 aliphatic heterocycles. The van der Waals surface area contributed by atoms with Crippen molar-refractivity contribution in [2.45, 2.75) is 0 Å². The summed E-state index contributed by atoms with van der Waals surface area (Å²) in [6, 6.07) is 0. The largest absolute Gasteiger partial charge is 2.00 e. The minimum atomic E-state index is -4.64. The number of rotatable bonds is 0. The fraction of sp³-hybridized carbons (Fsp3) is 0. The van der Waals surface area contributed by atoms with E-state index in [1.54, 1.807) is 0 Å². The van der Waals surface area contributed by atoms with Crippen LogP contribution in [0.4, 0.5) is 0 Å². The van der Waals surface area contributed by atoms with Crippen molar-refractivity contribution in [1.82, 2.24) is 0 Å². The Morgan fingerprint density at radius 2 is 0.529 bits per heavy atom. The molecule has 0 aliphatic rings. The first-order valence-corrected chi connectivity index (χ1v) is 2.35. The average molecular weight is 347 g/mol. The molecule has 0 bridgehead atoms. The topological polar surface area (TPSA) is 330 Å². The van der Waals surface area contributed by atoms with E-state index in [1.165, 1.54) is 0 Å². The van der Waals surface area contributed by atoms with E-state index in [0.717, 1.165) is 0 Å². The summed E-state index contributed by atoms with van der Waals surface area (Å²) in [5, 5.41) is 0. The van der Waals surface area contributed by atoms with E-state index in [9.17, 15) is 0 Å². The third-order valence-electron chi connectivity index (χ3n) is 0. The Morgan fingerprint density at radius 1 is 0.529 bits per heavy atom. The fourth-order valence-corrected chi connectivity index (χ4v) is 0. The summed E-state index contributed by atoms with van der Waals surface area (Å²) >= 11 is 0. The van der Waals surface area contributed by atoms with Gasteiger partial charge in [0, 0.05) is 0 Å². The smallest absolute Gasteiger partial charge is 1.00 e. The Balaban J connectivity index is -0.000000000421. The number of hydrogen-bond acceptors (Lipinski definition) is 1. The summed E-state index contributed by atoms with van der Waals surface area (Å²) in [6.07, 6.45) is 0. The molecular formula is H27Mg4O12P. The van der Waals surface area contributed by atoms with Gasteiger partial charge >= 0.3 is 100 Å². The Morgan fingerprint density at radius 3 is 0.529 bits per heavy atom. The van der Waals surface area contributed by atoms with E-state index < -0.39 is 7.82 Å². The summed E-state index contributed by atoms with van der Waals surface area (Å²) in [6.45, 7) is 0. The molecule has 17 heteroatoms. The molecule has 0 aromatic rings. The van der Waals surface area contributed by atoms with Crippen LogP contribution >= 0.6 is 7.82 Å². The summed E-state index contributed by atoms with van der Waals surface area (Å²) in [5.41, 5.74) is 0. The van der Waals surface area contributed by atoms with Crippen molar-refractivity contribution in [2.75, 3.05) is 0 Å². The van der Waals surface area contributed by atoms with Crippen LogP contribution in [0.3, 0.4) is 0 Å². The predicted octanol–water partition coefficient (Wildman–Crippen LogP) is -8.15. The van der Waals surface area contributed by atoms with Crippen molar-refractivity contribution in [2.24, 2.45) is 0 Å². The fourth-order valence-electron chi connectivity index (χ4n) is 0. The summed E-state index contributed by atoms with van der Waals surface area (Å²) in [4.78, 5) is 21.6. The summed E-state index contributed by atoms with van der Waals surface area (Å²) in [5.74, 6) is 0. The SMILES string of the molecule is O.O.O.O.O.O.O.O.O=P(O)(O)O.[H-].[H-].[H-].[H-].[H-].[H-].[H-].[H-].[Mg+2].[Mg+2].[Mg+2].[Mg+2]. The molecule has 0 rings (SSSR count). The zero-order valence-electron chi connectivity index (χ0n) is 17.0. The molecule has 0 amide bonds. The molecule has 0 saturated carbocycles. The Bertz CT molecular complexity index is 87.3. The normalized spacial score (nSPS) is 3.47. The summed E-state index contributed by atoms with van der Waals surface area (Å²) in [7, 11) is -4.64. The van der Waals surface area contributed by atoms with Crippen molar-refractivity contribution in [3.05, 3.63) is 0 Å². The van der Waals surface area contributed by atoms with E-state index in [4.69, 9.17) is 19.2 Å². The molecule has 0 saturated heterocycles. The van der Waals surface area contributed by atoms with Gasteiger partial charge in [0.05, 0.1) is 0 Å². The molecule has 0 fully saturated rings. The molecule has 19 N–H and O–H groups in total. The molecule has 0 heterocycles. The van der Waals surface area contributed by atoms with Crippen LogP contribution in [0.2, 0.25) is 0 Å². The van der Waals surface area contributed by atoms with Gasteiger partial charge in [0.1, 0.15) is 0 Å². The van der Waals surface area contributed by atoms with Crippen molar-refractivity contribution >= 4 is 100 Å². The molecule has 0 aliphatic carbocycles. The van der Waals surface area contributed by atoms with Gasteiger partial charge in [-0.2, -0.15) is 0 Å². The van der Waals surface area contributed by atoms with Crippen molar-refractivity contribution < 1.29 is 74.5 Å². The van der Waals surface area contributed by atoms with Crippen LogP contribution in [-0.4, -0.2) is 151 Å². The van der Waals surface area contributed by atoms with Crippen molar-refractivity contribution in [1.29, 1.82) is 0 Å². The predicted molar refractivity (Wildman–Crippen MR) is 75.1 cm³/mol. The van der Waals surface area contributed by atoms with Gasteiger partial charge in [-0.3, -0.25) is 0 Å². The van der Waals surface area contributed by atoms with Crippen LogP contribution in [0.15, 0.2) is 0 Å². The van der Waals surface area contributed by atoms with E-state index >= 15 is 0 Å². The second-order valence-corrected chi connectivity index (χ2v) is 1.54. The molecule has 0 atom stereocenters. The van der Waals surface area contributed by atoms with Crippen molar-refractivity contribution in [3.63, 3.8) is 0 Å². The van der Waals surface area contributed by atoms with Gasteiger partial charge in [-0.05, 0) is 0 Å². The first-order chi connectivity index (χ1) is 2.00. The molecular weight excluding hydrogens is 320 g/mol. The van der Waals surface area contributed by atoms with Crippen LogP contribution in [0.25, 0.3) is 0 Å². The molecule has 0 radical (unpaired) electrons. The van der Waals surface area contributed by atoms with Gasteiger partial charge in [0.25, 0.3) is 0 Å². The molecule has 0 unspecified atom stereocenters. The second kappa shape index (κ2) is 76.7. The minimum Gasteiger partial charge on any atom is -1.00 e. The third-order valence-corrected chi connectivity index (χ3v) is 0. The van der Waals surface area contributed by atoms with E-state index in [1.807, 2.05) is 0 Å². The monoisotopic (exact) mass is 346 g/mol. The van der Waals surface area contributed by atoms with E-state index in [2.05, 4.69) is 0 Å². The maximum atomic E-state index is 8.88. The van der Waals surface area contributed by atoms with Gasteiger partial charge in [0.15, 0.2) is 0 Å². The number of hydrogen-bond donors (Lipinski definition) is 3. The van der Waals surface area contributed by atoms with Crippen molar-refractivity contribution in [3.8, 4) is 0 Å². The Labute approximate surface area is 173 Å². The van der Waals surface area contributed by atoms with Crippen LogP contribution in [0, 0.1) is 0 Å². The van der Waals surface area contributed by atoms with Crippen LogP contribution < -0.4 is 0 Å². The van der Waals surface area contributed by atoms with Crippen LogP contribution in [0.5, 0.6) is 0 Å². The molecule has 0 aromatic carbocycles. The van der Waals surface area contributed by atoms with E-state index in [0.29, 0.717) is 0 Å². The minimum absolute atomic E-state index is 0. The van der Waals surface area contributed by atoms with Gasteiger partial charge in [0.2, 0.25) is 0 Å². The first kappa shape index (κ1) is 150. The van der Waals surface area contributed by atoms with E-state index in [-0.39, 0.29) is 147 Å². The quantitative estimate of drug-likeness (QED) is 0.283. The third kappa shape index (κ3) is 657. The van der Waals surface area contributed by atoms with Crippen LogP contribution in [0.1, 0.15) is 11.4 Å². The van der Waals surface area contributed by atoms with Gasteiger partial charge in [-0.15, -0.1) is 0 Å². The summed E-state index contributed by atoms with van der Waals surface area (Å²) < 4.78 is 8.88. The zero-order valence-corrected chi connectivity index (χ0v) is 15.6. The molecule has 0 spiro atoms. The molecule has 12 nitrogen and oxygen atoms in total. The van der Waals surface area contributed by atoms with Gasteiger partial charge in [-0.1, -0.05) is 0 Å². The maximum absolute atomic E-state index is 8.88. The molecule has 17 heavy (non-hydrogen) atoms. The number of phosphoric acid groups is 1. The van der Waals surface area contributed by atoms with Crippen LogP contribution in [-0.2, 0) is 4.57 Å². The second-order valence-electron chi connectivity index (χ2n) is 0.513. The zero-order chi connectivity index (χ0) is 4.50. The van der Waals surface area contributed by atoms with Gasteiger partial charge in [-0.25, -0.2) is 4.57 Å². The Hall–Kier alpha value is 2.85. The molecule has 112 valence electrons. The molecule has 0 aromatic heterocycles. The average Bonchev–Trinajstić information content (AvgIpc) is 0.722.